The molecule has 0 aliphatic carbocycles. The van der Waals surface area contributed by atoms with E-state index in [9.17, 15) is 4.39 Å². The van der Waals surface area contributed by atoms with Crippen LogP contribution in [0.15, 0.2) is 22.7 Å². The predicted molar refractivity (Wildman–Crippen MR) is 79.3 cm³/mol. The Morgan fingerprint density at radius 1 is 1.28 bits per heavy atom. The summed E-state index contributed by atoms with van der Waals surface area (Å²) in [7, 11) is 0. The second-order valence-corrected chi connectivity index (χ2v) is 5.81. The molecule has 0 saturated heterocycles. The summed E-state index contributed by atoms with van der Waals surface area (Å²) in [4.78, 5) is 0. The summed E-state index contributed by atoms with van der Waals surface area (Å²) in [5.41, 5.74) is 1.07. The van der Waals surface area contributed by atoms with Crippen molar-refractivity contribution in [2.45, 2.75) is 46.1 Å². The van der Waals surface area contributed by atoms with Crippen LogP contribution in [0.25, 0.3) is 0 Å². The zero-order valence-corrected chi connectivity index (χ0v) is 13.1. The maximum Gasteiger partial charge on any atom is 0.124 e. The first-order valence-corrected chi connectivity index (χ1v) is 7.54. The van der Waals surface area contributed by atoms with Crippen molar-refractivity contribution >= 4 is 15.9 Å². The normalized spacial score (nSPS) is 14.5. The van der Waals surface area contributed by atoms with Crippen LogP contribution in [0, 0.1) is 11.7 Å². The van der Waals surface area contributed by atoms with Gasteiger partial charge < -0.3 is 5.32 Å². The fourth-order valence-corrected chi connectivity index (χ4v) is 2.76. The summed E-state index contributed by atoms with van der Waals surface area (Å²) in [6.07, 6.45) is 3.17. The highest BCUT2D eigenvalue weighted by molar-refractivity contribution is 9.10. The fraction of sp³-hybridized carbons (Fsp3) is 0.600. The summed E-state index contributed by atoms with van der Waals surface area (Å²) in [5.74, 6) is 0.383. The summed E-state index contributed by atoms with van der Waals surface area (Å²) < 4.78 is 14.2. The average Bonchev–Trinajstić information content (AvgIpc) is 2.31. The summed E-state index contributed by atoms with van der Waals surface area (Å²) in [6, 6.07) is 5.62. The minimum atomic E-state index is -0.164. The molecule has 1 N–H and O–H groups in total. The lowest BCUT2D eigenvalue weighted by atomic mass is 9.90. The molecule has 0 radical (unpaired) electrons. The van der Waals surface area contributed by atoms with Crippen molar-refractivity contribution < 1.29 is 4.39 Å². The van der Waals surface area contributed by atoms with E-state index >= 15 is 0 Å². The number of hydrogen-bond donors (Lipinski definition) is 1. The predicted octanol–water partition coefficient (Wildman–Crippen LogP) is 4.55. The van der Waals surface area contributed by atoms with Gasteiger partial charge in [-0.25, -0.2) is 4.39 Å². The third-order valence-corrected chi connectivity index (χ3v) is 3.83. The molecule has 0 aliphatic rings. The Morgan fingerprint density at radius 3 is 2.56 bits per heavy atom. The Balaban J connectivity index is 2.66. The van der Waals surface area contributed by atoms with E-state index < -0.39 is 0 Å². The zero-order valence-electron chi connectivity index (χ0n) is 11.5. The highest BCUT2D eigenvalue weighted by Crippen LogP contribution is 2.20. The van der Waals surface area contributed by atoms with E-state index in [-0.39, 0.29) is 5.82 Å². The van der Waals surface area contributed by atoms with E-state index in [1.54, 1.807) is 6.07 Å². The lowest BCUT2D eigenvalue weighted by Crippen LogP contribution is -2.34. The second-order valence-electron chi connectivity index (χ2n) is 4.89. The number of rotatable bonds is 7. The molecule has 0 aromatic heterocycles. The Labute approximate surface area is 118 Å². The van der Waals surface area contributed by atoms with Crippen molar-refractivity contribution in [1.29, 1.82) is 0 Å². The van der Waals surface area contributed by atoms with Crippen molar-refractivity contribution in [3.63, 3.8) is 0 Å². The van der Waals surface area contributed by atoms with Gasteiger partial charge in [-0.3, -0.25) is 0 Å². The Hall–Kier alpha value is -0.410. The third kappa shape index (κ3) is 5.07. The quantitative estimate of drug-likeness (QED) is 0.778. The van der Waals surface area contributed by atoms with Crippen LogP contribution in [0.3, 0.4) is 0 Å². The van der Waals surface area contributed by atoms with Gasteiger partial charge in [0.05, 0.1) is 0 Å². The van der Waals surface area contributed by atoms with Gasteiger partial charge in [0.1, 0.15) is 5.82 Å². The van der Waals surface area contributed by atoms with Gasteiger partial charge in [-0.15, -0.1) is 0 Å². The molecule has 1 nitrogen and oxygen atoms in total. The molecular formula is C15H23BrFN. The van der Waals surface area contributed by atoms with E-state index in [2.05, 4.69) is 42.0 Å². The molecule has 1 aromatic rings. The maximum absolute atomic E-state index is 13.3. The van der Waals surface area contributed by atoms with E-state index in [4.69, 9.17) is 0 Å². The number of benzene rings is 1. The fourth-order valence-electron chi connectivity index (χ4n) is 2.24. The van der Waals surface area contributed by atoms with Gasteiger partial charge in [0.15, 0.2) is 0 Å². The molecule has 0 amide bonds. The lowest BCUT2D eigenvalue weighted by molar-refractivity contribution is 0.362. The largest absolute Gasteiger partial charge is 0.314 e. The smallest absolute Gasteiger partial charge is 0.124 e. The Kier molecular flexibility index (Phi) is 6.87. The molecule has 0 bridgehead atoms. The first-order valence-electron chi connectivity index (χ1n) is 6.75. The summed E-state index contributed by atoms with van der Waals surface area (Å²) in [6.45, 7) is 7.64. The summed E-state index contributed by atoms with van der Waals surface area (Å²) in [5, 5.41) is 3.53. The van der Waals surface area contributed by atoms with Crippen molar-refractivity contribution in [1.82, 2.24) is 5.32 Å². The topological polar surface area (TPSA) is 12.0 Å². The van der Waals surface area contributed by atoms with Gasteiger partial charge in [0.25, 0.3) is 0 Å². The van der Waals surface area contributed by atoms with Crippen LogP contribution in [-0.2, 0) is 6.42 Å². The van der Waals surface area contributed by atoms with E-state index in [1.807, 2.05) is 6.07 Å². The minimum absolute atomic E-state index is 0.164. The molecule has 1 rings (SSSR count). The van der Waals surface area contributed by atoms with Gasteiger partial charge in [-0.05, 0) is 56.0 Å². The Morgan fingerprint density at radius 2 is 2.00 bits per heavy atom. The van der Waals surface area contributed by atoms with Crippen LogP contribution in [0.4, 0.5) is 4.39 Å². The van der Waals surface area contributed by atoms with Crippen molar-refractivity contribution in [2.75, 3.05) is 6.54 Å². The van der Waals surface area contributed by atoms with Crippen molar-refractivity contribution in [3.05, 3.63) is 34.1 Å². The SMILES string of the molecule is CCCNC(C)C(CC)Cc1cc(F)cc(Br)c1. The number of halogens is 2. The molecule has 2 unspecified atom stereocenters. The van der Waals surface area contributed by atoms with Gasteiger partial charge >= 0.3 is 0 Å². The zero-order chi connectivity index (χ0) is 13.5. The molecule has 3 heteroatoms. The second kappa shape index (κ2) is 7.90. The Bertz CT molecular complexity index is 347. The first kappa shape index (κ1) is 15.6. The van der Waals surface area contributed by atoms with Crippen LogP contribution in [0.2, 0.25) is 0 Å². The van der Waals surface area contributed by atoms with Gasteiger partial charge in [0, 0.05) is 10.5 Å². The number of hydrogen-bond acceptors (Lipinski definition) is 1. The van der Waals surface area contributed by atoms with Gasteiger partial charge in [0.2, 0.25) is 0 Å². The average molecular weight is 316 g/mol. The maximum atomic E-state index is 13.3. The molecule has 18 heavy (non-hydrogen) atoms. The monoisotopic (exact) mass is 315 g/mol. The molecule has 2 atom stereocenters. The van der Waals surface area contributed by atoms with Crippen molar-refractivity contribution in [2.24, 2.45) is 5.92 Å². The standard InChI is InChI=1S/C15H23BrFN/c1-4-6-18-11(3)13(5-2)7-12-8-14(16)10-15(17)9-12/h8-11,13,18H,4-7H2,1-3H3. The molecule has 0 spiro atoms. The van der Waals surface area contributed by atoms with Crippen molar-refractivity contribution in [3.8, 4) is 0 Å². The van der Waals surface area contributed by atoms with Gasteiger partial charge in [-0.2, -0.15) is 0 Å². The van der Waals surface area contributed by atoms with E-state index in [0.717, 1.165) is 35.8 Å². The lowest BCUT2D eigenvalue weighted by Gasteiger charge is -2.24. The third-order valence-electron chi connectivity index (χ3n) is 3.37. The van der Waals surface area contributed by atoms with Crippen LogP contribution in [0.1, 0.15) is 39.2 Å². The molecular weight excluding hydrogens is 293 g/mol. The molecule has 0 heterocycles. The first-order chi connectivity index (χ1) is 8.56. The molecule has 1 aromatic carbocycles. The molecule has 0 fully saturated rings. The minimum Gasteiger partial charge on any atom is -0.314 e. The van der Waals surface area contributed by atoms with Crippen LogP contribution < -0.4 is 5.32 Å². The molecule has 0 aliphatic heterocycles. The van der Waals surface area contributed by atoms with E-state index in [1.165, 1.54) is 6.07 Å². The summed E-state index contributed by atoms with van der Waals surface area (Å²) >= 11 is 3.35. The van der Waals surface area contributed by atoms with Crippen LogP contribution in [0.5, 0.6) is 0 Å². The highest BCUT2D eigenvalue weighted by atomic mass is 79.9. The van der Waals surface area contributed by atoms with Gasteiger partial charge in [-0.1, -0.05) is 36.2 Å². The number of nitrogens with one attached hydrogen (secondary N) is 1. The van der Waals surface area contributed by atoms with Crippen LogP contribution in [-0.4, -0.2) is 12.6 Å². The molecule has 0 saturated carbocycles. The van der Waals surface area contributed by atoms with Crippen LogP contribution >= 0.6 is 15.9 Å². The highest BCUT2D eigenvalue weighted by Gasteiger charge is 2.15. The van der Waals surface area contributed by atoms with E-state index in [0.29, 0.717) is 12.0 Å². The molecule has 102 valence electrons.